The summed E-state index contributed by atoms with van der Waals surface area (Å²) in [6, 6.07) is 4.07. The van der Waals surface area contributed by atoms with Crippen LogP contribution >= 0.6 is 0 Å². The van der Waals surface area contributed by atoms with Crippen molar-refractivity contribution in [3.8, 4) is 0 Å². The highest BCUT2D eigenvalue weighted by atomic mass is 16.5. The van der Waals surface area contributed by atoms with E-state index in [1.54, 1.807) is 0 Å². The minimum Gasteiger partial charge on any atom is -0.477 e. The van der Waals surface area contributed by atoms with Crippen LogP contribution in [0.2, 0.25) is 0 Å². The van der Waals surface area contributed by atoms with Gasteiger partial charge in [-0.15, -0.1) is 0 Å². The first-order valence-corrected chi connectivity index (χ1v) is 5.91. The van der Waals surface area contributed by atoms with Gasteiger partial charge in [-0.05, 0) is 18.9 Å². The van der Waals surface area contributed by atoms with Crippen molar-refractivity contribution in [1.82, 2.24) is 14.7 Å². The number of carboxylic acid groups (broad SMARTS) is 1. The van der Waals surface area contributed by atoms with E-state index in [9.17, 15) is 9.59 Å². The molecule has 98 valence electrons. The number of hydrogen-bond donors (Lipinski definition) is 1. The lowest BCUT2D eigenvalue weighted by atomic mass is 10.3. The fraction of sp³-hybridized carbons (Fsp3) is 0.333. The Labute approximate surface area is 107 Å². The Morgan fingerprint density at radius 2 is 2.26 bits per heavy atom. The van der Waals surface area contributed by atoms with Crippen molar-refractivity contribution < 1.29 is 14.4 Å². The Morgan fingerprint density at radius 1 is 1.47 bits per heavy atom. The van der Waals surface area contributed by atoms with E-state index >= 15 is 0 Å². The molecule has 0 saturated heterocycles. The topological polar surface area (TPSA) is 98.2 Å². The van der Waals surface area contributed by atoms with Crippen molar-refractivity contribution in [1.29, 1.82) is 0 Å². The second kappa shape index (κ2) is 4.34. The number of aromatic carboxylic acids is 1. The van der Waals surface area contributed by atoms with Gasteiger partial charge in [-0.1, -0.05) is 11.2 Å². The number of rotatable bonds is 4. The molecule has 0 radical (unpaired) electrons. The first-order valence-electron chi connectivity index (χ1n) is 5.91. The predicted molar refractivity (Wildman–Crippen MR) is 63.0 cm³/mol. The smallest absolute Gasteiger partial charge is 0.352 e. The molecule has 2 heterocycles. The van der Waals surface area contributed by atoms with E-state index < -0.39 is 11.5 Å². The van der Waals surface area contributed by atoms with E-state index in [4.69, 9.17) is 9.63 Å². The number of carbonyl (C=O) groups is 1. The van der Waals surface area contributed by atoms with E-state index in [0.29, 0.717) is 11.7 Å². The maximum Gasteiger partial charge on any atom is 0.352 e. The molecule has 2 aromatic rings. The van der Waals surface area contributed by atoms with E-state index in [-0.39, 0.29) is 18.1 Å². The lowest BCUT2D eigenvalue weighted by Crippen LogP contribution is -2.25. The average molecular weight is 261 g/mol. The molecule has 7 heteroatoms. The van der Waals surface area contributed by atoms with Crippen molar-refractivity contribution in [2.24, 2.45) is 0 Å². The summed E-state index contributed by atoms with van der Waals surface area (Å²) < 4.78 is 6.15. The highest BCUT2D eigenvalue weighted by Gasteiger charge is 2.29. The highest BCUT2D eigenvalue weighted by Crippen LogP contribution is 2.38. The Hall–Kier alpha value is -2.44. The van der Waals surface area contributed by atoms with Gasteiger partial charge in [0.05, 0.1) is 0 Å². The van der Waals surface area contributed by atoms with Crippen LogP contribution in [0.25, 0.3) is 0 Å². The van der Waals surface area contributed by atoms with Crippen molar-refractivity contribution in [2.45, 2.75) is 25.3 Å². The first-order chi connectivity index (χ1) is 9.15. The Bertz CT molecular complexity index is 684. The van der Waals surface area contributed by atoms with Gasteiger partial charge in [0.1, 0.15) is 12.2 Å². The molecule has 0 aliphatic heterocycles. The zero-order chi connectivity index (χ0) is 13.4. The zero-order valence-electron chi connectivity index (χ0n) is 9.94. The maximum absolute atomic E-state index is 11.7. The molecule has 0 unspecified atom stereocenters. The summed E-state index contributed by atoms with van der Waals surface area (Å²) in [4.78, 5) is 27.0. The Kier molecular flexibility index (Phi) is 2.66. The van der Waals surface area contributed by atoms with Gasteiger partial charge in [-0.3, -0.25) is 9.36 Å². The van der Waals surface area contributed by atoms with Gasteiger partial charge in [-0.25, -0.2) is 4.79 Å². The molecule has 3 rings (SSSR count). The third-order valence-electron chi connectivity index (χ3n) is 2.99. The van der Waals surface area contributed by atoms with Crippen LogP contribution in [0.1, 0.15) is 41.0 Å². The van der Waals surface area contributed by atoms with Crippen LogP contribution in [0.15, 0.2) is 27.5 Å². The largest absolute Gasteiger partial charge is 0.477 e. The molecule has 2 aromatic heterocycles. The monoisotopic (exact) mass is 261 g/mol. The molecule has 0 amide bonds. The normalized spacial score (nSPS) is 14.5. The molecule has 19 heavy (non-hydrogen) atoms. The molecular weight excluding hydrogens is 250 g/mol. The number of pyridine rings is 1. The summed E-state index contributed by atoms with van der Waals surface area (Å²) >= 11 is 0. The van der Waals surface area contributed by atoms with Crippen molar-refractivity contribution >= 4 is 5.97 Å². The van der Waals surface area contributed by atoms with Gasteiger partial charge in [0.15, 0.2) is 5.82 Å². The predicted octanol–water partition coefficient (Wildman–Crippen LogP) is 0.855. The second-order valence-electron chi connectivity index (χ2n) is 4.46. The third-order valence-corrected chi connectivity index (χ3v) is 2.99. The molecule has 7 nitrogen and oxygen atoms in total. The van der Waals surface area contributed by atoms with Gasteiger partial charge < -0.3 is 9.63 Å². The number of nitrogens with zero attached hydrogens (tertiary/aromatic N) is 3. The molecular formula is C12H11N3O4. The molecule has 1 aliphatic rings. The second-order valence-corrected chi connectivity index (χ2v) is 4.46. The fourth-order valence-electron chi connectivity index (χ4n) is 1.84. The number of hydrogen-bond acceptors (Lipinski definition) is 5. The van der Waals surface area contributed by atoms with E-state index in [1.807, 2.05) is 0 Å². The lowest BCUT2D eigenvalue weighted by molar-refractivity contribution is 0.0683. The maximum atomic E-state index is 11.7. The molecule has 1 N–H and O–H groups in total. The summed E-state index contributed by atoms with van der Waals surface area (Å²) in [7, 11) is 0. The van der Waals surface area contributed by atoms with Gasteiger partial charge in [0.2, 0.25) is 5.89 Å². The average Bonchev–Trinajstić information content (AvgIpc) is 3.12. The standard InChI is InChI=1S/C12H11N3O4/c16-10-3-1-2-8(12(17)18)15(10)6-9-13-11(14-19-9)7-4-5-7/h1-3,7H,4-6H2,(H,17,18). The van der Waals surface area contributed by atoms with E-state index in [1.165, 1.54) is 18.2 Å². The quantitative estimate of drug-likeness (QED) is 0.876. The van der Waals surface area contributed by atoms with Gasteiger partial charge in [0.25, 0.3) is 5.56 Å². The van der Waals surface area contributed by atoms with Crippen LogP contribution in [0, 0.1) is 0 Å². The summed E-state index contributed by atoms with van der Waals surface area (Å²) in [5, 5.41) is 12.9. The lowest BCUT2D eigenvalue weighted by Gasteiger charge is -2.05. The van der Waals surface area contributed by atoms with Crippen molar-refractivity contribution in [3.63, 3.8) is 0 Å². The number of aromatic nitrogens is 3. The number of carboxylic acids is 1. The molecule has 0 spiro atoms. The Morgan fingerprint density at radius 3 is 2.95 bits per heavy atom. The van der Waals surface area contributed by atoms with Gasteiger partial charge >= 0.3 is 5.97 Å². The fourth-order valence-corrected chi connectivity index (χ4v) is 1.84. The van der Waals surface area contributed by atoms with Gasteiger partial charge in [-0.2, -0.15) is 4.98 Å². The molecule has 0 atom stereocenters. The minimum atomic E-state index is -1.17. The summed E-state index contributed by atoms with van der Waals surface area (Å²) in [5.41, 5.74) is -0.509. The molecule has 1 aliphatic carbocycles. The molecule has 0 bridgehead atoms. The van der Waals surface area contributed by atoms with Crippen LogP contribution < -0.4 is 5.56 Å². The third kappa shape index (κ3) is 2.26. The highest BCUT2D eigenvalue weighted by molar-refractivity contribution is 5.85. The minimum absolute atomic E-state index is 0.0268. The van der Waals surface area contributed by atoms with Crippen LogP contribution in [-0.4, -0.2) is 25.8 Å². The van der Waals surface area contributed by atoms with E-state index in [0.717, 1.165) is 17.4 Å². The van der Waals surface area contributed by atoms with Crippen LogP contribution in [-0.2, 0) is 6.54 Å². The van der Waals surface area contributed by atoms with Crippen LogP contribution in [0.4, 0.5) is 0 Å². The molecule has 1 saturated carbocycles. The van der Waals surface area contributed by atoms with Crippen LogP contribution in [0.5, 0.6) is 0 Å². The SMILES string of the molecule is O=C(O)c1cccc(=O)n1Cc1nc(C2CC2)no1. The molecule has 0 aromatic carbocycles. The van der Waals surface area contributed by atoms with Crippen LogP contribution in [0.3, 0.4) is 0 Å². The van der Waals surface area contributed by atoms with Gasteiger partial charge in [0, 0.05) is 12.0 Å². The van der Waals surface area contributed by atoms with Crippen molar-refractivity contribution in [2.75, 3.05) is 0 Å². The van der Waals surface area contributed by atoms with E-state index in [2.05, 4.69) is 10.1 Å². The summed E-state index contributed by atoms with van der Waals surface area (Å²) in [5.74, 6) is 0.0668. The van der Waals surface area contributed by atoms with Crippen molar-refractivity contribution in [3.05, 3.63) is 46.0 Å². The summed E-state index contributed by atoms with van der Waals surface area (Å²) in [6.07, 6.45) is 2.09. The zero-order valence-corrected chi connectivity index (χ0v) is 9.94. The Balaban J connectivity index is 1.93. The first kappa shape index (κ1) is 11.6. The summed E-state index contributed by atoms with van der Waals surface area (Å²) in [6.45, 7) is -0.0268. The molecule has 1 fully saturated rings.